The molecule has 2 rings (SSSR count). The minimum Gasteiger partial charge on any atom is -0.345 e. The third-order valence-corrected chi connectivity index (χ3v) is 2.21. The topological polar surface area (TPSA) is 54.7 Å². The largest absolute Gasteiger partial charge is 0.345 e. The number of aromatic nitrogens is 2. The Morgan fingerprint density at radius 2 is 2.00 bits per heavy atom. The third kappa shape index (κ3) is 1.67. The zero-order valence-electron chi connectivity index (χ0n) is 8.07. The summed E-state index contributed by atoms with van der Waals surface area (Å²) in [7, 11) is 0. The Hall–Kier alpha value is -1.61. The van der Waals surface area contributed by atoms with E-state index in [1.807, 2.05) is 37.4 Å². The summed E-state index contributed by atoms with van der Waals surface area (Å²) in [4.78, 5) is 7.23. The van der Waals surface area contributed by atoms with E-state index in [-0.39, 0.29) is 6.04 Å². The lowest BCUT2D eigenvalue weighted by atomic mass is 10.1. The number of hydrogen-bond acceptors (Lipinski definition) is 2. The maximum absolute atomic E-state index is 5.76. The van der Waals surface area contributed by atoms with E-state index in [0.29, 0.717) is 0 Å². The molecule has 1 aromatic carbocycles. The SMILES string of the molecule is CC(N)c1ccc(-c2ncc[nH]2)cc1. The minimum atomic E-state index is 0.0839. The molecule has 2 aromatic rings. The molecule has 0 aliphatic rings. The van der Waals surface area contributed by atoms with Crippen molar-refractivity contribution in [2.45, 2.75) is 13.0 Å². The highest BCUT2D eigenvalue weighted by Gasteiger charge is 2.01. The molecule has 0 saturated carbocycles. The molecule has 1 atom stereocenters. The highest BCUT2D eigenvalue weighted by Crippen LogP contribution is 2.17. The molecule has 0 aliphatic heterocycles. The molecule has 3 nitrogen and oxygen atoms in total. The molecule has 1 unspecified atom stereocenters. The summed E-state index contributed by atoms with van der Waals surface area (Å²) in [5, 5.41) is 0. The maximum atomic E-state index is 5.76. The first-order valence-corrected chi connectivity index (χ1v) is 4.62. The molecule has 0 spiro atoms. The van der Waals surface area contributed by atoms with Crippen LogP contribution in [0.4, 0.5) is 0 Å². The van der Waals surface area contributed by atoms with E-state index in [4.69, 9.17) is 5.73 Å². The highest BCUT2D eigenvalue weighted by atomic mass is 14.9. The van der Waals surface area contributed by atoms with Crippen LogP contribution < -0.4 is 5.73 Å². The lowest BCUT2D eigenvalue weighted by Crippen LogP contribution is -2.04. The molecule has 14 heavy (non-hydrogen) atoms. The predicted molar refractivity (Wildman–Crippen MR) is 56.6 cm³/mol. The number of H-pyrrole nitrogens is 1. The highest BCUT2D eigenvalue weighted by molar-refractivity contribution is 5.55. The molecule has 3 heteroatoms. The van der Waals surface area contributed by atoms with Gasteiger partial charge in [-0.25, -0.2) is 4.98 Å². The van der Waals surface area contributed by atoms with Gasteiger partial charge in [0.1, 0.15) is 5.82 Å². The predicted octanol–water partition coefficient (Wildman–Crippen LogP) is 2.10. The lowest BCUT2D eigenvalue weighted by molar-refractivity contribution is 0.818. The average molecular weight is 187 g/mol. The van der Waals surface area contributed by atoms with Gasteiger partial charge in [-0.2, -0.15) is 0 Å². The van der Waals surface area contributed by atoms with Crippen LogP contribution >= 0.6 is 0 Å². The summed E-state index contributed by atoms with van der Waals surface area (Å²) in [6, 6.07) is 8.20. The van der Waals surface area contributed by atoms with Crippen LogP contribution in [0.1, 0.15) is 18.5 Å². The average Bonchev–Trinajstić information content (AvgIpc) is 2.71. The van der Waals surface area contributed by atoms with E-state index >= 15 is 0 Å². The second kappa shape index (κ2) is 3.64. The van der Waals surface area contributed by atoms with Gasteiger partial charge in [0.15, 0.2) is 0 Å². The van der Waals surface area contributed by atoms with Gasteiger partial charge in [0.05, 0.1) is 0 Å². The van der Waals surface area contributed by atoms with Crippen molar-refractivity contribution in [2.75, 3.05) is 0 Å². The Labute approximate surface area is 83.0 Å². The van der Waals surface area contributed by atoms with Crippen LogP contribution in [0.3, 0.4) is 0 Å². The van der Waals surface area contributed by atoms with E-state index in [1.54, 1.807) is 6.20 Å². The Bertz CT molecular complexity index is 387. The van der Waals surface area contributed by atoms with Gasteiger partial charge < -0.3 is 10.7 Å². The number of nitrogens with two attached hydrogens (primary N) is 1. The number of nitrogens with one attached hydrogen (secondary N) is 1. The van der Waals surface area contributed by atoms with Crippen molar-refractivity contribution in [2.24, 2.45) is 5.73 Å². The van der Waals surface area contributed by atoms with Crippen LogP contribution in [0.5, 0.6) is 0 Å². The first-order chi connectivity index (χ1) is 6.77. The van der Waals surface area contributed by atoms with Gasteiger partial charge in [-0.05, 0) is 12.5 Å². The van der Waals surface area contributed by atoms with Crippen LogP contribution in [-0.4, -0.2) is 9.97 Å². The maximum Gasteiger partial charge on any atom is 0.137 e. The molecule has 0 radical (unpaired) electrons. The molecule has 0 fully saturated rings. The molecule has 1 heterocycles. The Balaban J connectivity index is 2.31. The quantitative estimate of drug-likeness (QED) is 0.756. The van der Waals surface area contributed by atoms with Crippen molar-refractivity contribution in [1.82, 2.24) is 9.97 Å². The molecule has 3 N–H and O–H groups in total. The van der Waals surface area contributed by atoms with E-state index in [1.165, 1.54) is 0 Å². The fraction of sp³-hybridized carbons (Fsp3) is 0.182. The van der Waals surface area contributed by atoms with Crippen molar-refractivity contribution in [1.29, 1.82) is 0 Å². The summed E-state index contributed by atoms with van der Waals surface area (Å²) in [6.07, 6.45) is 3.56. The molecular weight excluding hydrogens is 174 g/mol. The second-order valence-corrected chi connectivity index (χ2v) is 3.35. The summed E-state index contributed by atoms with van der Waals surface area (Å²) in [6.45, 7) is 1.97. The summed E-state index contributed by atoms with van der Waals surface area (Å²) in [5.41, 5.74) is 7.98. The number of rotatable bonds is 2. The number of nitrogens with zero attached hydrogens (tertiary/aromatic N) is 1. The fourth-order valence-electron chi connectivity index (χ4n) is 1.37. The smallest absolute Gasteiger partial charge is 0.137 e. The second-order valence-electron chi connectivity index (χ2n) is 3.35. The Morgan fingerprint density at radius 3 is 2.50 bits per heavy atom. The van der Waals surface area contributed by atoms with Crippen LogP contribution in [0.2, 0.25) is 0 Å². The molecular formula is C11H13N3. The molecule has 0 amide bonds. The fourth-order valence-corrected chi connectivity index (χ4v) is 1.37. The summed E-state index contributed by atoms with van der Waals surface area (Å²) < 4.78 is 0. The number of hydrogen-bond donors (Lipinski definition) is 2. The van der Waals surface area contributed by atoms with E-state index in [9.17, 15) is 0 Å². The van der Waals surface area contributed by atoms with Crippen LogP contribution in [0, 0.1) is 0 Å². The molecule has 72 valence electrons. The summed E-state index contributed by atoms with van der Waals surface area (Å²) in [5.74, 6) is 0.890. The number of aromatic amines is 1. The van der Waals surface area contributed by atoms with Gasteiger partial charge in [0.2, 0.25) is 0 Å². The van der Waals surface area contributed by atoms with E-state index < -0.39 is 0 Å². The van der Waals surface area contributed by atoms with Crippen molar-refractivity contribution in [3.05, 3.63) is 42.2 Å². The van der Waals surface area contributed by atoms with Gasteiger partial charge in [0, 0.05) is 24.0 Å². The molecule has 0 aliphatic carbocycles. The monoisotopic (exact) mass is 187 g/mol. The Morgan fingerprint density at radius 1 is 1.29 bits per heavy atom. The Kier molecular flexibility index (Phi) is 2.33. The standard InChI is InChI=1S/C11H13N3/c1-8(12)9-2-4-10(5-3-9)11-13-6-7-14-11/h2-8H,12H2,1H3,(H,13,14). The zero-order valence-corrected chi connectivity index (χ0v) is 8.07. The number of benzene rings is 1. The summed E-state index contributed by atoms with van der Waals surface area (Å²) >= 11 is 0. The van der Waals surface area contributed by atoms with E-state index in [2.05, 4.69) is 9.97 Å². The third-order valence-electron chi connectivity index (χ3n) is 2.21. The van der Waals surface area contributed by atoms with Crippen LogP contribution in [0.25, 0.3) is 11.4 Å². The van der Waals surface area contributed by atoms with Gasteiger partial charge in [-0.15, -0.1) is 0 Å². The van der Waals surface area contributed by atoms with Crippen LogP contribution in [-0.2, 0) is 0 Å². The van der Waals surface area contributed by atoms with Crippen molar-refractivity contribution in [3.8, 4) is 11.4 Å². The minimum absolute atomic E-state index is 0.0839. The normalized spacial score (nSPS) is 12.7. The zero-order chi connectivity index (χ0) is 9.97. The van der Waals surface area contributed by atoms with Crippen molar-refractivity contribution in [3.63, 3.8) is 0 Å². The van der Waals surface area contributed by atoms with Crippen molar-refractivity contribution >= 4 is 0 Å². The first kappa shape index (κ1) is 8.97. The molecule has 0 saturated heterocycles. The molecule has 0 bridgehead atoms. The van der Waals surface area contributed by atoms with Gasteiger partial charge in [0.25, 0.3) is 0 Å². The molecule has 1 aromatic heterocycles. The number of imidazole rings is 1. The lowest BCUT2D eigenvalue weighted by Gasteiger charge is -2.05. The van der Waals surface area contributed by atoms with Crippen LogP contribution in [0.15, 0.2) is 36.7 Å². The van der Waals surface area contributed by atoms with Crippen molar-refractivity contribution < 1.29 is 0 Å². The van der Waals surface area contributed by atoms with Gasteiger partial charge >= 0.3 is 0 Å². The van der Waals surface area contributed by atoms with E-state index in [0.717, 1.165) is 17.0 Å². The van der Waals surface area contributed by atoms with Gasteiger partial charge in [-0.3, -0.25) is 0 Å². The first-order valence-electron chi connectivity index (χ1n) is 4.62. The van der Waals surface area contributed by atoms with Gasteiger partial charge in [-0.1, -0.05) is 24.3 Å².